The van der Waals surface area contributed by atoms with Crippen LogP contribution in [0, 0.1) is 11.6 Å². The summed E-state index contributed by atoms with van der Waals surface area (Å²) in [6, 6.07) is 2.63. The van der Waals surface area contributed by atoms with E-state index >= 15 is 0 Å². The van der Waals surface area contributed by atoms with Gasteiger partial charge in [-0.05, 0) is 12.1 Å². The molecule has 21 heavy (non-hydrogen) atoms. The first-order valence-electron chi connectivity index (χ1n) is 5.46. The molecule has 0 fully saturated rings. The van der Waals surface area contributed by atoms with Crippen molar-refractivity contribution in [2.75, 3.05) is 7.11 Å². The van der Waals surface area contributed by atoms with Crippen molar-refractivity contribution < 1.29 is 21.9 Å². The maximum Gasteiger partial charge on any atom is 0.244 e. The van der Waals surface area contributed by atoms with Crippen LogP contribution in [0.5, 0.6) is 5.88 Å². The Bertz CT molecular complexity index is 812. The molecule has 2 rings (SSSR count). The summed E-state index contributed by atoms with van der Waals surface area (Å²) < 4.78 is 55.2. The normalized spacial score (nSPS) is 11.5. The zero-order valence-corrected chi connectivity index (χ0v) is 12.2. The molecule has 112 valence electrons. The lowest BCUT2D eigenvalue weighted by Crippen LogP contribution is -2.16. The van der Waals surface area contributed by atoms with E-state index in [2.05, 4.69) is 4.98 Å². The van der Waals surface area contributed by atoms with Gasteiger partial charge in [0.25, 0.3) is 0 Å². The highest BCUT2D eigenvalue weighted by Crippen LogP contribution is 2.38. The number of hydrogen-bond donors (Lipinski definition) is 1. The van der Waals surface area contributed by atoms with Crippen LogP contribution in [0.4, 0.5) is 8.78 Å². The predicted octanol–water partition coefficient (Wildman–Crippen LogP) is 2.34. The summed E-state index contributed by atoms with van der Waals surface area (Å²) in [4.78, 5) is 3.12. The van der Waals surface area contributed by atoms with Gasteiger partial charge in [0.15, 0.2) is 4.90 Å². The van der Waals surface area contributed by atoms with Crippen LogP contribution in [0.15, 0.2) is 29.3 Å². The summed E-state index contributed by atoms with van der Waals surface area (Å²) in [5.74, 6) is -2.14. The minimum atomic E-state index is -4.31. The van der Waals surface area contributed by atoms with E-state index in [1.807, 2.05) is 0 Å². The quantitative estimate of drug-likeness (QED) is 0.934. The first-order chi connectivity index (χ1) is 9.75. The second kappa shape index (κ2) is 5.55. The van der Waals surface area contributed by atoms with E-state index in [-0.39, 0.29) is 22.0 Å². The van der Waals surface area contributed by atoms with Gasteiger partial charge in [0.1, 0.15) is 11.6 Å². The topological polar surface area (TPSA) is 82.3 Å². The van der Waals surface area contributed by atoms with Crippen LogP contribution in [-0.2, 0) is 10.0 Å². The fraction of sp³-hybridized carbons (Fsp3) is 0.0833. The van der Waals surface area contributed by atoms with E-state index in [1.165, 1.54) is 7.11 Å². The number of methoxy groups -OCH3 is 1. The summed E-state index contributed by atoms with van der Waals surface area (Å²) in [5.41, 5.74) is -0.463. The molecule has 5 nitrogen and oxygen atoms in total. The summed E-state index contributed by atoms with van der Waals surface area (Å²) in [5, 5.41) is 4.96. The van der Waals surface area contributed by atoms with Crippen molar-refractivity contribution in [3.8, 4) is 17.0 Å². The lowest BCUT2D eigenvalue weighted by molar-refractivity contribution is 0.385. The zero-order valence-electron chi connectivity index (χ0n) is 10.6. The third kappa shape index (κ3) is 2.97. The lowest BCUT2D eigenvalue weighted by atomic mass is 10.1. The van der Waals surface area contributed by atoms with Crippen molar-refractivity contribution in [2.24, 2.45) is 5.14 Å². The summed E-state index contributed by atoms with van der Waals surface area (Å²) in [6.07, 6.45) is 1.09. The highest BCUT2D eigenvalue weighted by atomic mass is 35.5. The van der Waals surface area contributed by atoms with Crippen LogP contribution in [0.1, 0.15) is 0 Å². The van der Waals surface area contributed by atoms with Crippen LogP contribution in [0.25, 0.3) is 11.1 Å². The van der Waals surface area contributed by atoms with E-state index in [0.717, 1.165) is 18.3 Å². The molecule has 0 saturated carbocycles. The average Bonchev–Trinajstić information content (AvgIpc) is 2.38. The molecule has 0 bridgehead atoms. The van der Waals surface area contributed by atoms with Gasteiger partial charge in [-0.2, -0.15) is 0 Å². The average molecular weight is 335 g/mol. The minimum absolute atomic E-state index is 0.162. The molecule has 0 aliphatic heterocycles. The highest BCUT2D eigenvalue weighted by Gasteiger charge is 2.26. The molecule has 0 aliphatic carbocycles. The molecule has 0 amide bonds. The fourth-order valence-corrected chi connectivity index (χ4v) is 2.99. The van der Waals surface area contributed by atoms with Gasteiger partial charge in [-0.25, -0.2) is 27.3 Å². The summed E-state index contributed by atoms with van der Waals surface area (Å²) >= 11 is 5.91. The number of primary sulfonamides is 1. The fourth-order valence-electron chi connectivity index (χ4n) is 1.81. The van der Waals surface area contributed by atoms with Crippen LogP contribution in [0.3, 0.4) is 0 Å². The number of sulfonamides is 1. The molecule has 1 aromatic carbocycles. The molecule has 0 atom stereocenters. The molecule has 0 spiro atoms. The second-order valence-corrected chi connectivity index (χ2v) is 5.89. The molecule has 2 aromatic rings. The molecule has 1 heterocycles. The molecule has 0 saturated heterocycles. The Morgan fingerprint density at radius 1 is 1.33 bits per heavy atom. The van der Waals surface area contributed by atoms with E-state index in [0.29, 0.717) is 6.07 Å². The number of nitrogens with zero attached hydrogens (tertiary/aromatic N) is 1. The van der Waals surface area contributed by atoms with Crippen molar-refractivity contribution >= 4 is 21.6 Å². The molecule has 2 N–H and O–H groups in total. The van der Waals surface area contributed by atoms with Gasteiger partial charge in [0, 0.05) is 17.2 Å². The monoisotopic (exact) mass is 334 g/mol. The number of nitrogens with two attached hydrogens (primary N) is 1. The summed E-state index contributed by atoms with van der Waals surface area (Å²) in [6.45, 7) is 0. The number of ether oxygens (including phenoxy) is 1. The van der Waals surface area contributed by atoms with Crippen molar-refractivity contribution in [1.29, 1.82) is 0 Å². The van der Waals surface area contributed by atoms with Crippen molar-refractivity contribution in [3.63, 3.8) is 0 Å². The van der Waals surface area contributed by atoms with Crippen LogP contribution in [-0.4, -0.2) is 20.5 Å². The van der Waals surface area contributed by atoms with Crippen LogP contribution < -0.4 is 9.88 Å². The molecule has 0 unspecified atom stereocenters. The van der Waals surface area contributed by atoms with Gasteiger partial charge in [-0.15, -0.1) is 0 Å². The molecule has 9 heteroatoms. The third-order valence-corrected chi connectivity index (χ3v) is 3.87. The standard InChI is InChI=1S/C12H9ClF2N2O3S/c1-20-12-11(21(16,18)19)10(8(13)5-17-12)7-3-2-6(14)4-9(7)15/h2-5H,1H3,(H2,16,18,19). The third-order valence-electron chi connectivity index (χ3n) is 2.63. The SMILES string of the molecule is COc1ncc(Cl)c(-c2ccc(F)cc2F)c1S(N)(=O)=O. The molecular weight excluding hydrogens is 326 g/mol. The highest BCUT2D eigenvalue weighted by molar-refractivity contribution is 7.89. The number of halogens is 3. The van der Waals surface area contributed by atoms with Gasteiger partial charge in [-0.1, -0.05) is 11.6 Å². The van der Waals surface area contributed by atoms with Gasteiger partial charge in [0.2, 0.25) is 15.9 Å². The van der Waals surface area contributed by atoms with Gasteiger partial charge < -0.3 is 4.74 Å². The summed E-state index contributed by atoms with van der Waals surface area (Å²) in [7, 11) is -3.13. The van der Waals surface area contributed by atoms with Crippen LogP contribution >= 0.6 is 11.6 Å². The predicted molar refractivity (Wildman–Crippen MR) is 72.5 cm³/mol. The van der Waals surface area contributed by atoms with E-state index in [1.54, 1.807) is 0 Å². The number of hydrogen-bond acceptors (Lipinski definition) is 4. The Labute approximate surface area is 124 Å². The number of pyridine rings is 1. The Balaban J connectivity index is 2.91. The Morgan fingerprint density at radius 2 is 2.00 bits per heavy atom. The van der Waals surface area contributed by atoms with Gasteiger partial charge in [-0.3, -0.25) is 0 Å². The first-order valence-corrected chi connectivity index (χ1v) is 7.39. The minimum Gasteiger partial charge on any atom is -0.480 e. The molecule has 0 aliphatic rings. The van der Waals surface area contributed by atoms with Gasteiger partial charge in [0.05, 0.1) is 18.3 Å². The maximum atomic E-state index is 13.9. The first kappa shape index (κ1) is 15.6. The second-order valence-electron chi connectivity index (χ2n) is 3.99. The van der Waals surface area contributed by atoms with E-state index in [9.17, 15) is 17.2 Å². The van der Waals surface area contributed by atoms with Gasteiger partial charge >= 0.3 is 0 Å². The van der Waals surface area contributed by atoms with E-state index < -0.39 is 26.6 Å². The number of aromatic nitrogens is 1. The van der Waals surface area contributed by atoms with Crippen LogP contribution in [0.2, 0.25) is 5.02 Å². The van der Waals surface area contributed by atoms with Crippen molar-refractivity contribution in [2.45, 2.75) is 4.90 Å². The maximum absolute atomic E-state index is 13.9. The molecular formula is C12H9ClF2N2O3S. The lowest BCUT2D eigenvalue weighted by Gasteiger charge is -2.13. The zero-order chi connectivity index (χ0) is 15.8. The number of benzene rings is 1. The van der Waals surface area contributed by atoms with E-state index in [4.69, 9.17) is 21.5 Å². The smallest absolute Gasteiger partial charge is 0.244 e. The Morgan fingerprint density at radius 3 is 2.52 bits per heavy atom. The molecule has 0 radical (unpaired) electrons. The Kier molecular flexibility index (Phi) is 4.13. The largest absolute Gasteiger partial charge is 0.480 e. The molecule has 1 aromatic heterocycles. The van der Waals surface area contributed by atoms with Crippen molar-refractivity contribution in [1.82, 2.24) is 4.98 Å². The van der Waals surface area contributed by atoms with Crippen molar-refractivity contribution in [3.05, 3.63) is 41.1 Å². The Hall–Kier alpha value is -1.77. The number of rotatable bonds is 3.